The summed E-state index contributed by atoms with van der Waals surface area (Å²) in [6, 6.07) is 0. The van der Waals surface area contributed by atoms with Crippen LogP contribution in [0.5, 0.6) is 0 Å². The fraction of sp³-hybridized carbons (Fsp3) is 1.00. The van der Waals surface area contributed by atoms with Crippen molar-refractivity contribution in [1.82, 2.24) is 0 Å². The molecular weight excluding hydrogens is 416 g/mol. The van der Waals surface area contributed by atoms with Crippen molar-refractivity contribution in [3.63, 3.8) is 0 Å². The summed E-state index contributed by atoms with van der Waals surface area (Å²) in [5.41, 5.74) is 0. The van der Waals surface area contributed by atoms with Gasteiger partial charge in [0, 0.05) is 21.1 Å². The van der Waals surface area contributed by atoms with Gasteiger partial charge in [0.05, 0.1) is 30.5 Å². The van der Waals surface area contributed by atoms with E-state index in [1.54, 1.807) is 34.6 Å². The molecule has 0 bridgehead atoms. The monoisotopic (exact) mass is 468 g/mol. The van der Waals surface area contributed by atoms with Crippen LogP contribution in [0.2, 0.25) is 0 Å². The minimum Gasteiger partial charge on any atom is -0.393 e. The van der Waals surface area contributed by atoms with Crippen molar-refractivity contribution < 1.29 is 46.6 Å². The number of aliphatic hydroxyl groups excluding tert-OH is 5. The van der Waals surface area contributed by atoms with Gasteiger partial charge in [0.25, 0.3) is 0 Å². The van der Waals surface area contributed by atoms with E-state index in [1.807, 2.05) is 34.6 Å². The molecule has 0 aromatic carbocycles. The fourth-order valence-electron chi connectivity index (χ4n) is 0. The number of aliphatic hydroxyl groups is 5. The van der Waals surface area contributed by atoms with Crippen molar-refractivity contribution in [2.45, 2.75) is 132 Å². The van der Waals surface area contributed by atoms with E-state index in [-0.39, 0.29) is 51.6 Å². The average Bonchev–Trinajstić information content (AvgIpc) is 2.56. The molecule has 0 radical (unpaired) electrons. The molecule has 0 heterocycles. The Kier molecular flexibility index (Phi) is 57.4. The number of hydrogen-bond donors (Lipinski definition) is 5. The van der Waals surface area contributed by atoms with Gasteiger partial charge < -0.3 is 25.5 Å². The summed E-state index contributed by atoms with van der Waals surface area (Å²) in [4.78, 5) is 0. The van der Waals surface area contributed by atoms with E-state index in [2.05, 4.69) is 0 Å². The zero-order valence-electron chi connectivity index (χ0n) is 19.1. The minimum absolute atomic E-state index is 0. The van der Waals surface area contributed by atoms with Crippen molar-refractivity contribution in [3.8, 4) is 0 Å². The topological polar surface area (TPSA) is 101 Å². The van der Waals surface area contributed by atoms with Crippen LogP contribution in [-0.2, 0) is 21.1 Å². The maximum absolute atomic E-state index is 8.36. The quantitative estimate of drug-likeness (QED) is 0.396. The third kappa shape index (κ3) is 123. The summed E-state index contributed by atoms with van der Waals surface area (Å²) in [6.07, 6.45) is 3.73. The summed E-state index contributed by atoms with van der Waals surface area (Å²) >= 11 is 0. The van der Waals surface area contributed by atoms with Crippen LogP contribution in [-0.4, -0.2) is 56.1 Å². The van der Waals surface area contributed by atoms with Gasteiger partial charge in [-0.05, 0) is 66.7 Å². The Morgan fingerprint density at radius 3 is 0.423 bits per heavy atom. The van der Waals surface area contributed by atoms with Gasteiger partial charge >= 0.3 is 0 Å². The van der Waals surface area contributed by atoms with Crippen LogP contribution in [0.1, 0.15) is 101 Å². The standard InChI is InChI=1S/5C4H10O.Mo/c5*1-3-4(2)5;/h5*4-5H,3H2,1-2H3;. The van der Waals surface area contributed by atoms with Gasteiger partial charge in [0.15, 0.2) is 0 Å². The van der Waals surface area contributed by atoms with E-state index >= 15 is 0 Å². The molecule has 0 amide bonds. The molecule has 5 N–H and O–H groups in total. The minimum atomic E-state index is -0.116. The van der Waals surface area contributed by atoms with Crippen molar-refractivity contribution in [3.05, 3.63) is 0 Å². The van der Waals surface area contributed by atoms with E-state index in [9.17, 15) is 0 Å². The molecule has 0 aliphatic carbocycles. The third-order valence-electron chi connectivity index (χ3n) is 2.95. The summed E-state index contributed by atoms with van der Waals surface area (Å²) in [7, 11) is 0. The Bertz CT molecular complexity index is 141. The predicted octanol–water partition coefficient (Wildman–Crippen LogP) is 3.88. The molecule has 5 nitrogen and oxygen atoms in total. The number of hydrogen-bond acceptors (Lipinski definition) is 5. The first-order chi connectivity index (χ1) is 11.4. The average molecular weight is 467 g/mol. The smallest absolute Gasteiger partial charge is 0.0509 e. The molecule has 0 aromatic heterocycles. The first kappa shape index (κ1) is 41.0. The van der Waals surface area contributed by atoms with Gasteiger partial charge in [0.2, 0.25) is 0 Å². The SMILES string of the molecule is CCC(C)O.CCC(C)O.CCC(C)O.CCC(C)O.CCC(C)O.[Mo]. The molecule has 26 heavy (non-hydrogen) atoms. The molecule has 166 valence electrons. The molecule has 6 heteroatoms. The molecule has 0 fully saturated rings. The van der Waals surface area contributed by atoms with Crippen molar-refractivity contribution >= 4 is 0 Å². The number of rotatable bonds is 5. The van der Waals surface area contributed by atoms with Gasteiger partial charge in [-0.2, -0.15) is 0 Å². The molecule has 0 saturated carbocycles. The van der Waals surface area contributed by atoms with Crippen LogP contribution in [0.15, 0.2) is 0 Å². The van der Waals surface area contributed by atoms with Gasteiger partial charge in [-0.25, -0.2) is 0 Å². The molecule has 0 rings (SSSR count). The molecule has 0 aliphatic rings. The molecule has 0 aromatic rings. The Balaban J connectivity index is -0.0000000476. The Morgan fingerprint density at radius 1 is 0.385 bits per heavy atom. The zero-order valence-corrected chi connectivity index (χ0v) is 21.1. The van der Waals surface area contributed by atoms with E-state index < -0.39 is 0 Å². The Hall–Kier alpha value is 0.488. The van der Waals surface area contributed by atoms with Crippen LogP contribution in [0, 0.1) is 0 Å². The first-order valence-corrected chi connectivity index (χ1v) is 9.75. The van der Waals surface area contributed by atoms with Crippen molar-refractivity contribution in [2.24, 2.45) is 0 Å². The summed E-state index contributed by atoms with van der Waals surface area (Å²) < 4.78 is 0. The van der Waals surface area contributed by atoms with Crippen molar-refractivity contribution in [2.75, 3.05) is 0 Å². The van der Waals surface area contributed by atoms with Crippen LogP contribution in [0.4, 0.5) is 0 Å². The molecule has 0 spiro atoms. The Labute approximate surface area is 178 Å². The molecule has 0 aliphatic heterocycles. The van der Waals surface area contributed by atoms with Crippen LogP contribution >= 0.6 is 0 Å². The predicted molar refractivity (Wildman–Crippen MR) is 110 cm³/mol. The maximum Gasteiger partial charge on any atom is 0.0509 e. The van der Waals surface area contributed by atoms with Gasteiger partial charge in [-0.1, -0.05) is 34.6 Å². The van der Waals surface area contributed by atoms with Crippen molar-refractivity contribution in [1.29, 1.82) is 0 Å². The fourth-order valence-corrected chi connectivity index (χ4v) is 0. The van der Waals surface area contributed by atoms with Gasteiger partial charge in [0.1, 0.15) is 0 Å². The van der Waals surface area contributed by atoms with E-state index in [0.717, 1.165) is 32.1 Å². The third-order valence-corrected chi connectivity index (χ3v) is 2.95. The molecular formula is C20H50MoO5. The Morgan fingerprint density at radius 2 is 0.423 bits per heavy atom. The summed E-state index contributed by atoms with van der Waals surface area (Å²) in [5, 5.41) is 41.8. The second-order valence-corrected chi connectivity index (χ2v) is 6.29. The summed E-state index contributed by atoms with van der Waals surface area (Å²) in [5.74, 6) is 0. The van der Waals surface area contributed by atoms with Gasteiger partial charge in [-0.3, -0.25) is 0 Å². The second kappa shape index (κ2) is 36.4. The zero-order chi connectivity index (χ0) is 21.4. The second-order valence-electron chi connectivity index (χ2n) is 6.29. The van der Waals surface area contributed by atoms with E-state index in [1.165, 1.54) is 0 Å². The summed E-state index contributed by atoms with van der Waals surface area (Å²) in [6.45, 7) is 18.6. The van der Waals surface area contributed by atoms with E-state index in [0.29, 0.717) is 0 Å². The van der Waals surface area contributed by atoms with Crippen LogP contribution in [0.25, 0.3) is 0 Å². The normalized spacial score (nSPS) is 14.4. The van der Waals surface area contributed by atoms with E-state index in [4.69, 9.17) is 25.5 Å². The molecule has 5 unspecified atom stereocenters. The van der Waals surface area contributed by atoms with Crippen LogP contribution < -0.4 is 0 Å². The first-order valence-electron chi connectivity index (χ1n) is 9.75. The maximum atomic E-state index is 8.36. The van der Waals surface area contributed by atoms with Crippen LogP contribution in [0.3, 0.4) is 0 Å². The molecule has 0 saturated heterocycles. The largest absolute Gasteiger partial charge is 0.393 e. The van der Waals surface area contributed by atoms with Gasteiger partial charge in [-0.15, -0.1) is 0 Å². The molecule has 5 atom stereocenters.